The standard InChI is InChI=1S/C15H15BrF2N2O/c1-2-6-21-13-5-3-4-12(14(13)19)20-15-10(17)7-9(16)8-11(15)18/h3-5,7-8,20H,2,6,19H2,1H3. The van der Waals surface area contributed by atoms with Crippen LogP contribution in [0.5, 0.6) is 5.75 Å². The minimum absolute atomic E-state index is 0.252. The average molecular weight is 357 g/mol. The number of hydrogen-bond donors (Lipinski definition) is 2. The maximum Gasteiger partial charge on any atom is 0.150 e. The van der Waals surface area contributed by atoms with Crippen LogP contribution >= 0.6 is 15.9 Å². The van der Waals surface area contributed by atoms with Crippen molar-refractivity contribution in [3.05, 3.63) is 46.4 Å². The number of halogens is 3. The number of rotatable bonds is 5. The summed E-state index contributed by atoms with van der Waals surface area (Å²) in [6.45, 7) is 2.50. The van der Waals surface area contributed by atoms with Crippen molar-refractivity contribution in [2.24, 2.45) is 0 Å². The molecule has 0 aliphatic heterocycles. The van der Waals surface area contributed by atoms with Gasteiger partial charge in [-0.15, -0.1) is 0 Å². The van der Waals surface area contributed by atoms with Gasteiger partial charge in [-0.2, -0.15) is 0 Å². The largest absolute Gasteiger partial charge is 0.491 e. The van der Waals surface area contributed by atoms with E-state index in [4.69, 9.17) is 10.5 Å². The smallest absolute Gasteiger partial charge is 0.150 e. The molecule has 0 spiro atoms. The first kappa shape index (κ1) is 15.6. The molecule has 0 bridgehead atoms. The maximum atomic E-state index is 13.8. The van der Waals surface area contributed by atoms with Crippen molar-refractivity contribution in [1.82, 2.24) is 0 Å². The van der Waals surface area contributed by atoms with Gasteiger partial charge >= 0.3 is 0 Å². The Bertz CT molecular complexity index is 627. The minimum Gasteiger partial charge on any atom is -0.491 e. The molecule has 0 heterocycles. The summed E-state index contributed by atoms with van der Waals surface area (Å²) in [5.41, 5.74) is 6.41. The highest BCUT2D eigenvalue weighted by molar-refractivity contribution is 9.10. The van der Waals surface area contributed by atoms with Gasteiger partial charge in [0.2, 0.25) is 0 Å². The molecule has 0 amide bonds. The fraction of sp³-hybridized carbons (Fsp3) is 0.200. The van der Waals surface area contributed by atoms with Crippen LogP contribution in [-0.4, -0.2) is 6.61 Å². The molecule has 2 aromatic rings. The van der Waals surface area contributed by atoms with Crippen LogP contribution in [0.4, 0.5) is 25.8 Å². The molecular formula is C15H15BrF2N2O. The van der Waals surface area contributed by atoms with E-state index in [-0.39, 0.29) is 5.69 Å². The van der Waals surface area contributed by atoms with Crippen LogP contribution in [0.3, 0.4) is 0 Å². The Morgan fingerprint density at radius 2 is 1.90 bits per heavy atom. The monoisotopic (exact) mass is 356 g/mol. The van der Waals surface area contributed by atoms with Crippen molar-refractivity contribution in [2.75, 3.05) is 17.7 Å². The van der Waals surface area contributed by atoms with E-state index in [0.29, 0.717) is 28.2 Å². The topological polar surface area (TPSA) is 47.3 Å². The van der Waals surface area contributed by atoms with Gasteiger partial charge in [-0.05, 0) is 30.7 Å². The van der Waals surface area contributed by atoms with Crippen molar-refractivity contribution >= 4 is 33.0 Å². The molecule has 2 rings (SSSR count). The zero-order valence-corrected chi connectivity index (χ0v) is 13.0. The van der Waals surface area contributed by atoms with Crippen molar-refractivity contribution in [3.63, 3.8) is 0 Å². The number of anilines is 3. The first-order valence-corrected chi connectivity index (χ1v) is 7.25. The van der Waals surface area contributed by atoms with Crippen LogP contribution in [-0.2, 0) is 0 Å². The third-order valence-corrected chi connectivity index (χ3v) is 3.25. The number of para-hydroxylation sites is 1. The highest BCUT2D eigenvalue weighted by atomic mass is 79.9. The molecular weight excluding hydrogens is 342 g/mol. The Morgan fingerprint density at radius 3 is 2.52 bits per heavy atom. The number of nitrogens with two attached hydrogens (primary N) is 1. The van der Waals surface area contributed by atoms with E-state index in [2.05, 4.69) is 21.2 Å². The molecule has 112 valence electrons. The fourth-order valence-corrected chi connectivity index (χ4v) is 2.19. The Morgan fingerprint density at radius 1 is 1.24 bits per heavy atom. The van der Waals surface area contributed by atoms with E-state index in [1.54, 1.807) is 18.2 Å². The van der Waals surface area contributed by atoms with Crippen LogP contribution in [0.15, 0.2) is 34.8 Å². The first-order valence-electron chi connectivity index (χ1n) is 6.45. The number of ether oxygens (including phenoxy) is 1. The molecule has 0 radical (unpaired) electrons. The lowest BCUT2D eigenvalue weighted by Gasteiger charge is -2.14. The zero-order valence-electron chi connectivity index (χ0n) is 11.4. The van der Waals surface area contributed by atoms with Crippen LogP contribution < -0.4 is 15.8 Å². The fourth-order valence-electron chi connectivity index (χ4n) is 1.79. The lowest BCUT2D eigenvalue weighted by atomic mass is 10.2. The summed E-state index contributed by atoms with van der Waals surface area (Å²) >= 11 is 3.03. The number of nitrogen functional groups attached to an aromatic ring is 1. The molecule has 21 heavy (non-hydrogen) atoms. The molecule has 0 aromatic heterocycles. The van der Waals surface area contributed by atoms with Gasteiger partial charge in [0.25, 0.3) is 0 Å². The molecule has 0 atom stereocenters. The third-order valence-electron chi connectivity index (χ3n) is 2.79. The number of benzene rings is 2. The lowest BCUT2D eigenvalue weighted by molar-refractivity contribution is 0.319. The van der Waals surface area contributed by atoms with Gasteiger partial charge in [0, 0.05) is 4.47 Å². The van der Waals surface area contributed by atoms with Crippen LogP contribution in [0.25, 0.3) is 0 Å². The van der Waals surface area contributed by atoms with Crippen LogP contribution in [0, 0.1) is 11.6 Å². The van der Waals surface area contributed by atoms with Crippen molar-refractivity contribution in [3.8, 4) is 5.75 Å². The van der Waals surface area contributed by atoms with Gasteiger partial charge < -0.3 is 15.8 Å². The van der Waals surface area contributed by atoms with E-state index in [9.17, 15) is 8.78 Å². The van der Waals surface area contributed by atoms with E-state index < -0.39 is 11.6 Å². The summed E-state index contributed by atoms with van der Waals surface area (Å²) in [5.74, 6) is -0.929. The Balaban J connectivity index is 2.32. The average Bonchev–Trinajstić information content (AvgIpc) is 2.43. The maximum absolute atomic E-state index is 13.8. The molecule has 0 aliphatic carbocycles. The molecule has 3 nitrogen and oxygen atoms in total. The lowest BCUT2D eigenvalue weighted by Crippen LogP contribution is -2.04. The minimum atomic E-state index is -0.707. The second-order valence-corrected chi connectivity index (χ2v) is 5.35. The molecule has 0 fully saturated rings. The first-order chi connectivity index (χ1) is 10.0. The Labute approximate surface area is 130 Å². The summed E-state index contributed by atoms with van der Waals surface area (Å²) in [5, 5.41) is 2.68. The molecule has 0 saturated carbocycles. The van der Waals surface area contributed by atoms with Gasteiger partial charge in [-0.1, -0.05) is 28.9 Å². The van der Waals surface area contributed by atoms with Gasteiger partial charge in [0.1, 0.15) is 11.4 Å². The third kappa shape index (κ3) is 3.64. The van der Waals surface area contributed by atoms with Crippen molar-refractivity contribution in [2.45, 2.75) is 13.3 Å². The molecule has 6 heteroatoms. The van der Waals surface area contributed by atoms with E-state index in [0.717, 1.165) is 6.42 Å². The molecule has 0 aliphatic rings. The highest BCUT2D eigenvalue weighted by Crippen LogP contribution is 2.34. The Kier molecular flexibility index (Phi) is 5.01. The number of nitrogens with one attached hydrogen (secondary N) is 1. The second kappa shape index (κ2) is 6.76. The predicted molar refractivity (Wildman–Crippen MR) is 84.0 cm³/mol. The molecule has 3 N–H and O–H groups in total. The van der Waals surface area contributed by atoms with Gasteiger partial charge in [0.05, 0.1) is 18.0 Å². The van der Waals surface area contributed by atoms with Gasteiger partial charge in [-0.3, -0.25) is 0 Å². The predicted octanol–water partition coefficient (Wildman–Crippen LogP) is 4.84. The summed E-state index contributed by atoms with van der Waals surface area (Å²) in [4.78, 5) is 0. The summed E-state index contributed by atoms with van der Waals surface area (Å²) in [7, 11) is 0. The van der Waals surface area contributed by atoms with Crippen molar-refractivity contribution in [1.29, 1.82) is 0 Å². The van der Waals surface area contributed by atoms with E-state index in [1.165, 1.54) is 12.1 Å². The SMILES string of the molecule is CCCOc1cccc(Nc2c(F)cc(Br)cc2F)c1N. The highest BCUT2D eigenvalue weighted by Gasteiger charge is 2.13. The number of hydrogen-bond acceptors (Lipinski definition) is 3. The molecule has 2 aromatic carbocycles. The summed E-state index contributed by atoms with van der Waals surface area (Å²) in [6, 6.07) is 7.41. The van der Waals surface area contributed by atoms with Crippen molar-refractivity contribution < 1.29 is 13.5 Å². The van der Waals surface area contributed by atoms with Gasteiger partial charge in [0.15, 0.2) is 11.6 Å². The zero-order chi connectivity index (χ0) is 15.4. The van der Waals surface area contributed by atoms with E-state index >= 15 is 0 Å². The molecule has 0 saturated heterocycles. The van der Waals surface area contributed by atoms with Gasteiger partial charge in [-0.25, -0.2) is 8.78 Å². The quantitative estimate of drug-likeness (QED) is 0.753. The molecule has 0 unspecified atom stereocenters. The van der Waals surface area contributed by atoms with E-state index in [1.807, 2.05) is 6.92 Å². The normalized spacial score (nSPS) is 10.5. The summed E-state index contributed by atoms with van der Waals surface area (Å²) in [6.07, 6.45) is 0.840. The van der Waals surface area contributed by atoms with Crippen LogP contribution in [0.1, 0.15) is 13.3 Å². The summed E-state index contributed by atoms with van der Waals surface area (Å²) < 4.78 is 33.5. The van der Waals surface area contributed by atoms with Crippen LogP contribution in [0.2, 0.25) is 0 Å². The second-order valence-electron chi connectivity index (χ2n) is 4.44. The Hall–Kier alpha value is -1.82.